The molecular formula is C28H34N6. The van der Waals surface area contributed by atoms with E-state index in [0.29, 0.717) is 5.92 Å². The van der Waals surface area contributed by atoms with Gasteiger partial charge in [-0.2, -0.15) is 0 Å². The maximum Gasteiger partial charge on any atom is 0.129 e. The van der Waals surface area contributed by atoms with E-state index in [4.69, 9.17) is 4.98 Å². The lowest BCUT2D eigenvalue weighted by molar-refractivity contribution is 0.569. The first kappa shape index (κ1) is 23.8. The number of rotatable bonds is 8. The van der Waals surface area contributed by atoms with Crippen LogP contribution >= 0.6 is 0 Å². The number of pyridine rings is 2. The molecule has 0 aliphatic rings. The Kier molecular flexibility index (Phi) is 7.17. The molecule has 3 heterocycles. The van der Waals surface area contributed by atoms with Gasteiger partial charge in [-0.15, -0.1) is 0 Å². The molecule has 1 aromatic carbocycles. The molecular weight excluding hydrogens is 420 g/mol. The summed E-state index contributed by atoms with van der Waals surface area (Å²) in [5, 5.41) is 8.00. The Balaban J connectivity index is 1.54. The summed E-state index contributed by atoms with van der Waals surface area (Å²) in [7, 11) is 1.97. The highest BCUT2D eigenvalue weighted by atomic mass is 15.0. The second kappa shape index (κ2) is 10.3. The van der Waals surface area contributed by atoms with Crippen molar-refractivity contribution >= 4 is 16.7 Å². The molecule has 0 saturated heterocycles. The number of benzene rings is 1. The van der Waals surface area contributed by atoms with Crippen LogP contribution in [0.15, 0.2) is 61.2 Å². The highest BCUT2D eigenvalue weighted by Gasteiger charge is 2.17. The van der Waals surface area contributed by atoms with E-state index in [-0.39, 0.29) is 5.41 Å². The fraction of sp³-hybridized carbons (Fsp3) is 0.357. The first-order valence-corrected chi connectivity index (χ1v) is 11.9. The lowest BCUT2D eigenvalue weighted by atomic mass is 9.91. The molecule has 4 rings (SSSR count). The first-order chi connectivity index (χ1) is 16.4. The van der Waals surface area contributed by atoms with Crippen molar-refractivity contribution in [1.29, 1.82) is 0 Å². The van der Waals surface area contributed by atoms with Crippen molar-refractivity contribution in [2.75, 3.05) is 18.9 Å². The van der Waals surface area contributed by atoms with E-state index in [1.54, 1.807) is 6.33 Å². The lowest BCUT2D eigenvalue weighted by Gasteiger charge is -2.19. The fourth-order valence-electron chi connectivity index (χ4n) is 4.23. The van der Waals surface area contributed by atoms with E-state index in [1.165, 1.54) is 16.5 Å². The van der Waals surface area contributed by atoms with E-state index >= 15 is 0 Å². The van der Waals surface area contributed by atoms with Gasteiger partial charge in [0.1, 0.15) is 12.1 Å². The van der Waals surface area contributed by atoms with Crippen LogP contribution in [0.5, 0.6) is 0 Å². The number of hydrogen-bond donors (Lipinski definition) is 2. The van der Waals surface area contributed by atoms with Crippen LogP contribution in [0.3, 0.4) is 0 Å². The minimum atomic E-state index is 0.0242. The Morgan fingerprint density at radius 3 is 2.53 bits per heavy atom. The Morgan fingerprint density at radius 2 is 1.82 bits per heavy atom. The zero-order valence-corrected chi connectivity index (χ0v) is 20.8. The summed E-state index contributed by atoms with van der Waals surface area (Å²) < 4.78 is 0. The Morgan fingerprint density at radius 1 is 0.971 bits per heavy atom. The van der Waals surface area contributed by atoms with Crippen molar-refractivity contribution in [3.8, 4) is 11.3 Å². The van der Waals surface area contributed by atoms with Crippen LogP contribution in [0.1, 0.15) is 56.9 Å². The minimum Gasteiger partial charge on any atom is -0.369 e. The summed E-state index contributed by atoms with van der Waals surface area (Å²) in [5.74, 6) is 1.12. The summed E-state index contributed by atoms with van der Waals surface area (Å²) in [5.41, 5.74) is 6.55. The Hall–Kier alpha value is -3.38. The topological polar surface area (TPSA) is 75.6 Å². The van der Waals surface area contributed by atoms with Crippen molar-refractivity contribution < 1.29 is 0 Å². The largest absolute Gasteiger partial charge is 0.369 e. The SMILES string of the molecule is CCC(CNc1cc(-c2ccc(C(C)(C)C)nc2)ncn1)c1cccc2c(CNC)ccnc12. The maximum absolute atomic E-state index is 4.74. The molecule has 0 spiro atoms. The van der Waals surface area contributed by atoms with Crippen molar-refractivity contribution in [3.05, 3.63) is 78.0 Å². The maximum atomic E-state index is 4.74. The summed E-state index contributed by atoms with van der Waals surface area (Å²) in [4.78, 5) is 18.3. The molecule has 0 amide bonds. The molecule has 0 saturated carbocycles. The minimum absolute atomic E-state index is 0.0242. The van der Waals surface area contributed by atoms with Gasteiger partial charge in [-0.05, 0) is 42.8 Å². The molecule has 6 heteroatoms. The zero-order chi connectivity index (χ0) is 24.1. The monoisotopic (exact) mass is 454 g/mol. The van der Waals surface area contributed by atoms with Crippen LogP contribution in [-0.4, -0.2) is 33.5 Å². The average molecular weight is 455 g/mol. The van der Waals surface area contributed by atoms with Crippen LogP contribution < -0.4 is 10.6 Å². The molecule has 2 N–H and O–H groups in total. The molecule has 4 aromatic rings. The number of para-hydroxylation sites is 1. The number of anilines is 1. The molecule has 0 aliphatic carbocycles. The predicted octanol–water partition coefficient (Wildman–Crippen LogP) is 5.71. The van der Waals surface area contributed by atoms with Gasteiger partial charge >= 0.3 is 0 Å². The predicted molar refractivity (Wildman–Crippen MR) is 140 cm³/mol. The normalized spacial score (nSPS) is 12.6. The van der Waals surface area contributed by atoms with Crippen molar-refractivity contribution in [2.45, 2.75) is 52.0 Å². The first-order valence-electron chi connectivity index (χ1n) is 11.9. The third-order valence-corrected chi connectivity index (χ3v) is 6.22. The summed E-state index contributed by atoms with van der Waals surface area (Å²) in [6.45, 7) is 10.3. The number of fused-ring (bicyclic) bond motifs is 1. The highest BCUT2D eigenvalue weighted by molar-refractivity contribution is 5.85. The quantitative estimate of drug-likeness (QED) is 0.355. The molecule has 6 nitrogen and oxygen atoms in total. The molecule has 3 aromatic heterocycles. The van der Waals surface area contributed by atoms with Gasteiger partial charge in [-0.3, -0.25) is 9.97 Å². The van der Waals surface area contributed by atoms with Crippen molar-refractivity contribution in [1.82, 2.24) is 25.3 Å². The van der Waals surface area contributed by atoms with Gasteiger partial charge < -0.3 is 10.6 Å². The summed E-state index contributed by atoms with van der Waals surface area (Å²) >= 11 is 0. The second-order valence-electron chi connectivity index (χ2n) is 9.70. The van der Waals surface area contributed by atoms with Crippen molar-refractivity contribution in [2.24, 2.45) is 0 Å². The van der Waals surface area contributed by atoms with E-state index in [2.05, 4.69) is 89.7 Å². The van der Waals surface area contributed by atoms with Gasteiger partial charge in [-0.25, -0.2) is 9.97 Å². The Bertz CT molecular complexity index is 1240. The Labute approximate surface area is 202 Å². The molecule has 1 unspecified atom stereocenters. The molecule has 0 bridgehead atoms. The second-order valence-corrected chi connectivity index (χ2v) is 9.70. The van der Waals surface area contributed by atoms with Gasteiger partial charge in [0.15, 0.2) is 0 Å². The molecule has 1 atom stereocenters. The van der Waals surface area contributed by atoms with Crippen LogP contribution in [0, 0.1) is 0 Å². The molecule has 34 heavy (non-hydrogen) atoms. The number of aromatic nitrogens is 4. The van der Waals surface area contributed by atoms with E-state index in [1.807, 2.05) is 25.5 Å². The van der Waals surface area contributed by atoms with Crippen LogP contribution in [0.25, 0.3) is 22.2 Å². The summed E-state index contributed by atoms with van der Waals surface area (Å²) in [6.07, 6.45) is 6.42. The number of nitrogens with zero attached hydrogens (tertiary/aromatic N) is 4. The van der Waals surface area contributed by atoms with Crippen LogP contribution in [0.4, 0.5) is 5.82 Å². The van der Waals surface area contributed by atoms with E-state index in [9.17, 15) is 0 Å². The third-order valence-electron chi connectivity index (χ3n) is 6.22. The van der Waals surface area contributed by atoms with Gasteiger partial charge in [0.05, 0.1) is 11.2 Å². The van der Waals surface area contributed by atoms with Gasteiger partial charge in [0.2, 0.25) is 0 Å². The summed E-state index contributed by atoms with van der Waals surface area (Å²) in [6, 6.07) is 14.7. The highest BCUT2D eigenvalue weighted by Crippen LogP contribution is 2.29. The number of nitrogens with one attached hydrogen (secondary N) is 2. The molecule has 0 radical (unpaired) electrons. The van der Waals surface area contributed by atoms with E-state index < -0.39 is 0 Å². The van der Waals surface area contributed by atoms with Gasteiger partial charge in [-0.1, -0.05) is 45.9 Å². The lowest BCUT2D eigenvalue weighted by Crippen LogP contribution is -2.14. The molecule has 176 valence electrons. The fourth-order valence-corrected chi connectivity index (χ4v) is 4.23. The average Bonchev–Trinajstić information content (AvgIpc) is 2.85. The standard InChI is InChI=1S/C28H34N6/c1-6-19(22-8-7-9-23-20(15-29-5)12-13-30-27(22)23)16-32-26-14-24(33-18-34-26)21-10-11-25(31-17-21)28(2,3)4/h7-14,17-19,29H,6,15-16H2,1-5H3,(H,32,33,34). The third kappa shape index (κ3) is 5.23. The van der Waals surface area contributed by atoms with Crippen molar-refractivity contribution in [3.63, 3.8) is 0 Å². The van der Waals surface area contributed by atoms with Gasteiger partial charge in [0, 0.05) is 59.5 Å². The number of hydrogen-bond acceptors (Lipinski definition) is 6. The zero-order valence-electron chi connectivity index (χ0n) is 20.8. The molecule has 0 aliphatic heterocycles. The van der Waals surface area contributed by atoms with Crippen LogP contribution in [-0.2, 0) is 12.0 Å². The van der Waals surface area contributed by atoms with E-state index in [0.717, 1.165) is 47.8 Å². The van der Waals surface area contributed by atoms with Gasteiger partial charge in [0.25, 0.3) is 0 Å². The molecule has 0 fully saturated rings. The van der Waals surface area contributed by atoms with Crippen LogP contribution in [0.2, 0.25) is 0 Å². The smallest absolute Gasteiger partial charge is 0.129 e.